The van der Waals surface area contributed by atoms with Gasteiger partial charge in [0.05, 0.1) is 6.67 Å². The van der Waals surface area contributed by atoms with E-state index in [-0.39, 0.29) is 0 Å². The average Bonchev–Trinajstić information content (AvgIpc) is 2.86. The van der Waals surface area contributed by atoms with Crippen LogP contribution in [0.4, 0.5) is 0 Å². The zero-order chi connectivity index (χ0) is 16.8. The quantitative estimate of drug-likeness (QED) is 0.476. The van der Waals surface area contributed by atoms with Crippen LogP contribution in [0, 0.1) is 0 Å². The fraction of sp³-hybridized carbons (Fsp3) is 0.846. The third-order valence-electron chi connectivity index (χ3n) is 2.96. The largest absolute Gasteiger partial charge is 0.500 e. The van der Waals surface area contributed by atoms with E-state index in [9.17, 15) is 0 Å². The van der Waals surface area contributed by atoms with Gasteiger partial charge in [0.15, 0.2) is 0 Å². The van der Waals surface area contributed by atoms with Crippen molar-refractivity contribution in [3.8, 4) is 0 Å². The molecule has 130 valence electrons. The van der Waals surface area contributed by atoms with E-state index in [1.165, 1.54) is 0 Å². The Morgan fingerprint density at radius 1 is 1.14 bits per heavy atom. The molecule has 0 aliphatic carbocycles. The smallest absolute Gasteiger partial charge is 0.374 e. The van der Waals surface area contributed by atoms with Gasteiger partial charge in [-0.1, -0.05) is 0 Å². The van der Waals surface area contributed by atoms with Gasteiger partial charge in [0, 0.05) is 51.9 Å². The first kappa shape index (κ1) is 21.5. The summed E-state index contributed by atoms with van der Waals surface area (Å²) in [5, 5.41) is 0. The first-order chi connectivity index (χ1) is 10.6. The maximum Gasteiger partial charge on any atom is 0.500 e. The summed E-state index contributed by atoms with van der Waals surface area (Å²) in [7, 11) is -1.54. The molecular formula is C13H30N2O5PSi+. The summed E-state index contributed by atoms with van der Waals surface area (Å²) in [6.45, 7) is 9.93. The fourth-order valence-electron chi connectivity index (χ4n) is 2.23. The third-order valence-corrected chi connectivity index (χ3v) is 6.11. The van der Waals surface area contributed by atoms with Gasteiger partial charge < -0.3 is 23.1 Å². The first-order valence-corrected chi connectivity index (χ1v) is 10.4. The molecule has 0 aromatic heterocycles. The monoisotopic (exact) mass is 353 g/mol. The molecule has 7 nitrogen and oxygen atoms in total. The predicted molar refractivity (Wildman–Crippen MR) is 89.8 cm³/mol. The van der Waals surface area contributed by atoms with Gasteiger partial charge in [-0.2, -0.15) is 4.89 Å². The maximum atomic E-state index is 8.51. The Kier molecular flexibility index (Phi) is 12.7. The molecule has 9 heteroatoms. The van der Waals surface area contributed by atoms with Gasteiger partial charge in [-0.15, -0.1) is 0 Å². The van der Waals surface area contributed by atoms with E-state index in [2.05, 4.69) is 29.2 Å². The summed E-state index contributed by atoms with van der Waals surface area (Å²) in [5.41, 5.74) is 0. The molecule has 1 heterocycles. The van der Waals surface area contributed by atoms with Gasteiger partial charge in [0.1, 0.15) is 0 Å². The van der Waals surface area contributed by atoms with Crippen LogP contribution in [-0.2, 0) is 17.8 Å². The van der Waals surface area contributed by atoms with Gasteiger partial charge in [0.25, 0.3) is 0 Å². The van der Waals surface area contributed by atoms with Crippen molar-refractivity contribution < 1.29 is 22.7 Å². The van der Waals surface area contributed by atoms with E-state index in [1.54, 1.807) is 0 Å². The van der Waals surface area contributed by atoms with Crippen LogP contribution < -0.4 is 0 Å². The summed E-state index contributed by atoms with van der Waals surface area (Å²) in [6, 6.07) is 0.885. The Morgan fingerprint density at radius 2 is 1.64 bits per heavy atom. The van der Waals surface area contributed by atoms with Crippen LogP contribution in [0.3, 0.4) is 0 Å². The second-order valence-corrected chi connectivity index (χ2v) is 7.60. The first-order valence-electron chi connectivity index (χ1n) is 7.63. The minimum atomic E-state index is -2.45. The van der Waals surface area contributed by atoms with E-state index in [1.807, 2.05) is 20.8 Å². The standard InChI is InChI=1S/C13H28N2O3Si.HO2P/c1-5-16-19(17-6-2,18-7-3)12-8-9-15-11-10-14(4)13-15;1-3-2/h10-11H,5-9,12-13H2,1-4H3;3H/p+1. The van der Waals surface area contributed by atoms with E-state index >= 15 is 0 Å². The molecule has 1 N–H and O–H groups in total. The topological polar surface area (TPSA) is 71.5 Å². The highest BCUT2D eigenvalue weighted by molar-refractivity contribution is 7.16. The van der Waals surface area contributed by atoms with Crippen molar-refractivity contribution in [1.82, 2.24) is 9.80 Å². The van der Waals surface area contributed by atoms with Gasteiger partial charge in [-0.05, 0) is 31.8 Å². The molecular weight excluding hydrogens is 323 g/mol. The molecule has 0 fully saturated rings. The molecule has 0 spiro atoms. The van der Waals surface area contributed by atoms with E-state index in [0.29, 0.717) is 19.8 Å². The van der Waals surface area contributed by atoms with Crippen molar-refractivity contribution >= 4 is 17.5 Å². The molecule has 22 heavy (non-hydrogen) atoms. The maximum absolute atomic E-state index is 8.51. The van der Waals surface area contributed by atoms with Crippen LogP contribution >= 0.6 is 8.69 Å². The van der Waals surface area contributed by atoms with Crippen LogP contribution in [0.2, 0.25) is 6.04 Å². The summed E-state index contributed by atoms with van der Waals surface area (Å²) in [4.78, 5) is 11.5. The van der Waals surface area contributed by atoms with E-state index in [4.69, 9.17) is 22.7 Å². The van der Waals surface area contributed by atoms with Crippen LogP contribution in [0.1, 0.15) is 27.2 Å². The summed E-state index contributed by atoms with van der Waals surface area (Å²) >= 11 is 0. The summed E-state index contributed by atoms with van der Waals surface area (Å²) in [5.74, 6) is 0. The highest BCUT2D eigenvalue weighted by Crippen LogP contribution is 2.19. The van der Waals surface area contributed by atoms with Crippen molar-refractivity contribution in [3.63, 3.8) is 0 Å². The molecule has 0 aromatic rings. The Bertz CT molecular complexity index is 306. The Hall–Kier alpha value is -0.503. The molecule has 0 saturated carbocycles. The van der Waals surface area contributed by atoms with E-state index < -0.39 is 17.5 Å². The van der Waals surface area contributed by atoms with E-state index in [0.717, 1.165) is 25.7 Å². The minimum absolute atomic E-state index is 0.651. The summed E-state index contributed by atoms with van der Waals surface area (Å²) < 4.78 is 26.0. The minimum Gasteiger partial charge on any atom is -0.374 e. The van der Waals surface area contributed by atoms with Crippen molar-refractivity contribution in [1.29, 1.82) is 0 Å². The Balaban J connectivity index is 0.00000135. The lowest BCUT2D eigenvalue weighted by Crippen LogP contribution is -2.46. The zero-order valence-electron chi connectivity index (χ0n) is 14.1. The van der Waals surface area contributed by atoms with Crippen molar-refractivity contribution in [2.24, 2.45) is 0 Å². The molecule has 0 saturated heterocycles. The highest BCUT2D eigenvalue weighted by atomic mass is 31.1. The SMILES string of the molecule is CCO[Si](CCCN1C=CN(C)C1)(OCC)OCC.O=[PH+]O. The molecule has 0 radical (unpaired) electrons. The molecule has 1 unspecified atom stereocenters. The lowest BCUT2D eigenvalue weighted by Gasteiger charge is -2.29. The van der Waals surface area contributed by atoms with Crippen LogP contribution in [0.25, 0.3) is 0 Å². The van der Waals surface area contributed by atoms with Gasteiger partial charge in [-0.3, -0.25) is 0 Å². The molecule has 1 aliphatic heterocycles. The molecule has 1 aliphatic rings. The number of hydrogen-bond donors (Lipinski definition) is 1. The highest BCUT2D eigenvalue weighted by Gasteiger charge is 2.39. The normalized spacial score (nSPS) is 14.4. The Morgan fingerprint density at radius 3 is 2.00 bits per heavy atom. The average molecular weight is 353 g/mol. The predicted octanol–water partition coefficient (Wildman–Crippen LogP) is 2.02. The van der Waals surface area contributed by atoms with Crippen LogP contribution in [-0.4, -0.2) is 63.6 Å². The number of hydrogen-bond acceptors (Lipinski definition) is 6. The third kappa shape index (κ3) is 8.82. The van der Waals surface area contributed by atoms with Crippen LogP contribution in [0.15, 0.2) is 12.4 Å². The zero-order valence-corrected chi connectivity index (χ0v) is 16.1. The van der Waals surface area contributed by atoms with Crippen molar-refractivity contribution in [2.75, 3.05) is 40.1 Å². The van der Waals surface area contributed by atoms with Gasteiger partial charge >= 0.3 is 17.5 Å². The lowest BCUT2D eigenvalue weighted by molar-refractivity contribution is 0.0702. The second-order valence-electron chi connectivity index (χ2n) is 4.69. The van der Waals surface area contributed by atoms with Gasteiger partial charge in [-0.25, -0.2) is 0 Å². The van der Waals surface area contributed by atoms with Crippen molar-refractivity contribution in [2.45, 2.75) is 33.2 Å². The number of nitrogens with zero attached hydrogens (tertiary/aromatic N) is 2. The Labute approximate surface area is 136 Å². The molecule has 0 bridgehead atoms. The molecule has 1 rings (SSSR count). The van der Waals surface area contributed by atoms with Gasteiger partial charge in [0.2, 0.25) is 0 Å². The molecule has 0 aromatic carbocycles. The van der Waals surface area contributed by atoms with Crippen LogP contribution in [0.5, 0.6) is 0 Å². The molecule has 1 atom stereocenters. The lowest BCUT2D eigenvalue weighted by atomic mass is 10.4. The van der Waals surface area contributed by atoms with Crippen molar-refractivity contribution in [3.05, 3.63) is 12.4 Å². The summed E-state index contributed by atoms with van der Waals surface area (Å²) in [6.07, 6.45) is 5.26. The number of rotatable bonds is 10. The fourth-order valence-corrected chi connectivity index (χ4v) is 4.83. The molecule has 0 amide bonds. The second kappa shape index (κ2) is 13.0.